The molecule has 0 aromatic heterocycles. The number of aliphatic hydroxyl groups excluding tert-OH is 5. The first kappa shape index (κ1) is 11.9. The van der Waals surface area contributed by atoms with Crippen LogP contribution in [0.3, 0.4) is 0 Å². The van der Waals surface area contributed by atoms with Crippen LogP contribution in [0, 0.1) is 0 Å². The van der Waals surface area contributed by atoms with Gasteiger partial charge in [0.15, 0.2) is 0 Å². The Balaban J connectivity index is 4.07. The molecule has 4 atom stereocenters. The highest BCUT2D eigenvalue weighted by molar-refractivity contribution is 7.79. The largest absolute Gasteiger partial charge is 0.394 e. The molecule has 12 heavy (non-hydrogen) atoms. The van der Waals surface area contributed by atoms with Crippen molar-refractivity contribution in [3.05, 3.63) is 0 Å². The second-order valence-corrected chi connectivity index (χ2v) is 2.63. The van der Waals surface area contributed by atoms with E-state index < -0.39 is 31.0 Å². The molecule has 0 heterocycles. The molecule has 0 rings (SSSR count). The summed E-state index contributed by atoms with van der Waals surface area (Å²) in [6.07, 6.45) is -6.06. The predicted octanol–water partition coefficient (Wildman–Crippen LogP) is -2.58. The second-order valence-electron chi connectivity index (χ2n) is 2.36. The van der Waals surface area contributed by atoms with Crippen molar-refractivity contribution in [3.8, 4) is 0 Å². The van der Waals surface area contributed by atoms with Gasteiger partial charge < -0.3 is 25.5 Å². The minimum Gasteiger partial charge on any atom is -0.394 e. The molecule has 6 heteroatoms. The standard InChI is InChI=1S/C6H12O5S/c7-1-3(8)5(10)6(11)4(9)2-12/h2-11H,1H2. The zero-order chi connectivity index (χ0) is 9.72. The molecule has 0 amide bonds. The van der Waals surface area contributed by atoms with Crippen LogP contribution in [0.5, 0.6) is 0 Å². The Morgan fingerprint density at radius 1 is 1.08 bits per heavy atom. The fourth-order valence-electron chi connectivity index (χ4n) is 0.618. The number of aliphatic hydroxyl groups is 5. The van der Waals surface area contributed by atoms with Crippen molar-refractivity contribution in [2.45, 2.75) is 24.4 Å². The van der Waals surface area contributed by atoms with Gasteiger partial charge in [0, 0.05) is 5.37 Å². The van der Waals surface area contributed by atoms with Crippen molar-refractivity contribution in [1.29, 1.82) is 0 Å². The van der Waals surface area contributed by atoms with E-state index in [4.69, 9.17) is 25.5 Å². The zero-order valence-corrected chi connectivity index (χ0v) is 7.05. The number of hydrogen-bond acceptors (Lipinski definition) is 6. The molecule has 0 spiro atoms. The minimum absolute atomic E-state index is 0.692. The quantitative estimate of drug-likeness (QED) is 0.310. The van der Waals surface area contributed by atoms with E-state index >= 15 is 0 Å². The van der Waals surface area contributed by atoms with E-state index in [1.807, 2.05) is 0 Å². The maximum absolute atomic E-state index is 9.02. The van der Waals surface area contributed by atoms with E-state index in [-0.39, 0.29) is 0 Å². The van der Waals surface area contributed by atoms with Crippen LogP contribution in [0.4, 0.5) is 0 Å². The van der Waals surface area contributed by atoms with E-state index in [0.29, 0.717) is 0 Å². The lowest BCUT2D eigenvalue weighted by molar-refractivity contribution is -0.0996. The maximum atomic E-state index is 9.02. The summed E-state index contributed by atoms with van der Waals surface area (Å²) in [5.41, 5.74) is 0. The second kappa shape index (κ2) is 5.52. The summed E-state index contributed by atoms with van der Waals surface area (Å²) in [6, 6.07) is 0. The fourth-order valence-corrected chi connectivity index (χ4v) is 0.779. The Kier molecular flexibility index (Phi) is 5.47. The summed E-state index contributed by atoms with van der Waals surface area (Å²) in [4.78, 5) is 0. The lowest BCUT2D eigenvalue weighted by Gasteiger charge is -2.23. The van der Waals surface area contributed by atoms with Crippen LogP contribution in [-0.4, -0.2) is 61.9 Å². The normalized spacial score (nSPS) is 21.1. The monoisotopic (exact) mass is 196 g/mol. The molecule has 0 aliphatic heterocycles. The molecule has 0 aromatic carbocycles. The van der Waals surface area contributed by atoms with Gasteiger partial charge in [-0.3, -0.25) is 0 Å². The molecule has 0 aliphatic rings. The van der Waals surface area contributed by atoms with Gasteiger partial charge in [0.1, 0.15) is 24.4 Å². The van der Waals surface area contributed by atoms with Crippen LogP contribution in [0.2, 0.25) is 0 Å². The first-order chi connectivity index (χ1) is 5.54. The summed E-state index contributed by atoms with van der Waals surface area (Å²) in [6.45, 7) is -0.692. The molecule has 4 unspecified atom stereocenters. The first-order valence-corrected chi connectivity index (χ1v) is 3.80. The predicted molar refractivity (Wildman–Crippen MR) is 44.8 cm³/mol. The Bertz CT molecular complexity index is 142. The Morgan fingerprint density at radius 2 is 1.58 bits per heavy atom. The van der Waals surface area contributed by atoms with Crippen molar-refractivity contribution in [2.75, 3.05) is 6.61 Å². The lowest BCUT2D eigenvalue weighted by atomic mass is 10.0. The van der Waals surface area contributed by atoms with Crippen molar-refractivity contribution >= 4 is 17.6 Å². The molecular weight excluding hydrogens is 184 g/mol. The van der Waals surface area contributed by atoms with Crippen molar-refractivity contribution in [1.82, 2.24) is 0 Å². The third kappa shape index (κ3) is 3.10. The molecule has 72 valence electrons. The highest BCUT2D eigenvalue weighted by Gasteiger charge is 2.28. The molecule has 0 fully saturated rings. The van der Waals surface area contributed by atoms with E-state index in [1.165, 1.54) is 0 Å². The Labute approximate surface area is 74.9 Å². The van der Waals surface area contributed by atoms with Gasteiger partial charge in [-0.2, -0.15) is 0 Å². The minimum atomic E-state index is -1.61. The summed E-state index contributed by atoms with van der Waals surface area (Å²) in [5.74, 6) is 0. The molecule has 0 bridgehead atoms. The third-order valence-electron chi connectivity index (χ3n) is 1.42. The van der Waals surface area contributed by atoms with E-state index in [0.717, 1.165) is 5.37 Å². The van der Waals surface area contributed by atoms with Crippen LogP contribution in [0.1, 0.15) is 0 Å². The molecular formula is C6H12O5S. The van der Waals surface area contributed by atoms with Crippen LogP contribution in [0.25, 0.3) is 0 Å². The average Bonchev–Trinajstić information content (AvgIpc) is 2.12. The topological polar surface area (TPSA) is 101 Å². The smallest absolute Gasteiger partial charge is 0.113 e. The fraction of sp³-hybridized carbons (Fsp3) is 0.833. The average molecular weight is 196 g/mol. The van der Waals surface area contributed by atoms with Crippen LogP contribution >= 0.6 is 12.2 Å². The SMILES string of the molecule is OCC(O)C(O)C(O)C(O)C=S. The number of rotatable bonds is 5. The van der Waals surface area contributed by atoms with E-state index in [1.54, 1.807) is 0 Å². The van der Waals surface area contributed by atoms with Crippen LogP contribution in [0.15, 0.2) is 0 Å². The summed E-state index contributed by atoms with van der Waals surface area (Å²) < 4.78 is 0. The van der Waals surface area contributed by atoms with E-state index in [2.05, 4.69) is 12.2 Å². The molecule has 0 radical (unpaired) electrons. The highest BCUT2D eigenvalue weighted by Crippen LogP contribution is 2.03. The summed E-state index contributed by atoms with van der Waals surface area (Å²) >= 11 is 4.30. The van der Waals surface area contributed by atoms with Gasteiger partial charge in [0.05, 0.1) is 6.61 Å². The van der Waals surface area contributed by atoms with Crippen molar-refractivity contribution in [3.63, 3.8) is 0 Å². The maximum Gasteiger partial charge on any atom is 0.113 e. The molecule has 0 aromatic rings. The van der Waals surface area contributed by atoms with E-state index in [9.17, 15) is 0 Å². The van der Waals surface area contributed by atoms with Crippen LogP contribution in [-0.2, 0) is 0 Å². The summed E-state index contributed by atoms with van der Waals surface area (Å²) in [5, 5.41) is 44.9. The van der Waals surface area contributed by atoms with Gasteiger partial charge in [-0.15, -0.1) is 0 Å². The number of hydrogen-bond donors (Lipinski definition) is 5. The Hall–Kier alpha value is -0.110. The molecule has 5 nitrogen and oxygen atoms in total. The molecule has 5 N–H and O–H groups in total. The van der Waals surface area contributed by atoms with Gasteiger partial charge in [0.25, 0.3) is 0 Å². The first-order valence-electron chi connectivity index (χ1n) is 3.33. The van der Waals surface area contributed by atoms with Crippen molar-refractivity contribution in [2.24, 2.45) is 0 Å². The molecule has 0 aliphatic carbocycles. The van der Waals surface area contributed by atoms with Gasteiger partial charge in [-0.05, 0) is 0 Å². The molecule has 0 saturated heterocycles. The highest BCUT2D eigenvalue weighted by atomic mass is 32.1. The zero-order valence-electron chi connectivity index (χ0n) is 6.24. The van der Waals surface area contributed by atoms with Gasteiger partial charge >= 0.3 is 0 Å². The van der Waals surface area contributed by atoms with Gasteiger partial charge in [-0.1, -0.05) is 12.2 Å². The van der Waals surface area contributed by atoms with Gasteiger partial charge in [-0.25, -0.2) is 0 Å². The van der Waals surface area contributed by atoms with Gasteiger partial charge in [0.2, 0.25) is 0 Å². The third-order valence-corrected chi connectivity index (χ3v) is 1.70. The number of thiocarbonyl (C=S) groups is 1. The lowest BCUT2D eigenvalue weighted by Crippen LogP contribution is -2.46. The Morgan fingerprint density at radius 3 is 1.92 bits per heavy atom. The molecule has 0 saturated carbocycles. The van der Waals surface area contributed by atoms with Crippen molar-refractivity contribution < 1.29 is 25.5 Å². The van der Waals surface area contributed by atoms with Crippen LogP contribution < -0.4 is 0 Å². The summed E-state index contributed by atoms with van der Waals surface area (Å²) in [7, 11) is 0.